The van der Waals surface area contributed by atoms with Gasteiger partial charge in [0.2, 0.25) is 15.9 Å². The molecule has 1 heterocycles. The van der Waals surface area contributed by atoms with E-state index in [9.17, 15) is 13.2 Å². The van der Waals surface area contributed by atoms with E-state index in [-0.39, 0.29) is 18.2 Å². The first-order valence-electron chi connectivity index (χ1n) is 9.03. The number of piperazine rings is 1. The minimum atomic E-state index is -3.35. The zero-order chi connectivity index (χ0) is 19.3. The zero-order valence-corrected chi connectivity index (χ0v) is 16.3. The van der Waals surface area contributed by atoms with Crippen LogP contribution in [0.4, 0.5) is 5.69 Å². The van der Waals surface area contributed by atoms with Crippen molar-refractivity contribution in [2.75, 3.05) is 38.0 Å². The fourth-order valence-electron chi connectivity index (χ4n) is 3.15. The number of anilines is 1. The number of nitrogens with one attached hydrogen (secondary N) is 1. The lowest BCUT2D eigenvalue weighted by Crippen LogP contribution is -2.50. The summed E-state index contributed by atoms with van der Waals surface area (Å²) in [6.45, 7) is 4.11. The van der Waals surface area contributed by atoms with Crippen LogP contribution in [0.1, 0.15) is 11.1 Å². The maximum Gasteiger partial charge on any atom is 0.238 e. The van der Waals surface area contributed by atoms with Crippen molar-refractivity contribution in [3.05, 3.63) is 65.7 Å². The normalized spacial score (nSPS) is 16.2. The standard InChI is InChI=1S/C20H25N3O3S/c1-17-7-5-6-8-18(17)16-27(25,26)23-13-11-22(12-14-23)15-20(24)21-19-9-3-2-4-10-19/h2-10H,11-16H2,1H3,(H,21,24). The number of aryl methyl sites for hydroxylation is 1. The van der Waals surface area contributed by atoms with Crippen molar-refractivity contribution < 1.29 is 13.2 Å². The van der Waals surface area contributed by atoms with Gasteiger partial charge in [0.15, 0.2) is 0 Å². The molecule has 1 aliphatic heterocycles. The highest BCUT2D eigenvalue weighted by molar-refractivity contribution is 7.88. The van der Waals surface area contributed by atoms with Crippen LogP contribution in [0.25, 0.3) is 0 Å². The van der Waals surface area contributed by atoms with Crippen LogP contribution in [-0.4, -0.2) is 56.3 Å². The maximum atomic E-state index is 12.7. The average molecular weight is 388 g/mol. The number of rotatable bonds is 6. The summed E-state index contributed by atoms with van der Waals surface area (Å²) in [4.78, 5) is 14.1. The lowest BCUT2D eigenvalue weighted by molar-refractivity contribution is -0.117. The molecule has 0 spiro atoms. The van der Waals surface area contributed by atoms with Gasteiger partial charge in [-0.25, -0.2) is 8.42 Å². The zero-order valence-electron chi connectivity index (χ0n) is 15.5. The Morgan fingerprint density at radius 2 is 1.59 bits per heavy atom. The van der Waals surface area contributed by atoms with E-state index < -0.39 is 10.0 Å². The molecule has 0 atom stereocenters. The number of carbonyl (C=O) groups excluding carboxylic acids is 1. The van der Waals surface area contributed by atoms with E-state index in [1.54, 1.807) is 0 Å². The molecule has 0 unspecified atom stereocenters. The van der Waals surface area contributed by atoms with Crippen LogP contribution < -0.4 is 5.32 Å². The van der Waals surface area contributed by atoms with Gasteiger partial charge < -0.3 is 5.32 Å². The van der Waals surface area contributed by atoms with E-state index in [0.717, 1.165) is 16.8 Å². The van der Waals surface area contributed by atoms with Gasteiger partial charge in [-0.1, -0.05) is 42.5 Å². The second-order valence-electron chi connectivity index (χ2n) is 6.77. The molecule has 6 nitrogen and oxygen atoms in total. The van der Waals surface area contributed by atoms with Crippen LogP contribution in [0, 0.1) is 6.92 Å². The molecule has 3 rings (SSSR count). The highest BCUT2D eigenvalue weighted by Crippen LogP contribution is 2.16. The predicted molar refractivity (Wildman–Crippen MR) is 107 cm³/mol. The maximum absolute atomic E-state index is 12.7. The van der Waals surface area contributed by atoms with Crippen LogP contribution in [0.2, 0.25) is 0 Å². The summed E-state index contributed by atoms with van der Waals surface area (Å²) in [5.74, 6) is -0.0637. The number of hydrogen-bond donors (Lipinski definition) is 1. The molecule has 0 aromatic heterocycles. The van der Waals surface area contributed by atoms with Crippen molar-refractivity contribution in [2.24, 2.45) is 0 Å². The first-order chi connectivity index (χ1) is 12.9. The van der Waals surface area contributed by atoms with E-state index >= 15 is 0 Å². The fourth-order valence-corrected chi connectivity index (χ4v) is 4.77. The van der Waals surface area contributed by atoms with Crippen LogP contribution in [0.15, 0.2) is 54.6 Å². The van der Waals surface area contributed by atoms with Gasteiger partial charge in [-0.2, -0.15) is 4.31 Å². The number of carbonyl (C=O) groups is 1. The minimum absolute atomic E-state index is 0.0220. The van der Waals surface area contributed by atoms with Gasteiger partial charge in [0, 0.05) is 31.9 Å². The van der Waals surface area contributed by atoms with Crippen molar-refractivity contribution in [3.8, 4) is 0 Å². The highest BCUT2D eigenvalue weighted by Gasteiger charge is 2.28. The van der Waals surface area contributed by atoms with Crippen molar-refractivity contribution in [1.29, 1.82) is 0 Å². The van der Waals surface area contributed by atoms with Gasteiger partial charge in [-0.15, -0.1) is 0 Å². The van der Waals surface area contributed by atoms with E-state index in [1.165, 1.54) is 4.31 Å². The molecule has 0 saturated carbocycles. The Morgan fingerprint density at radius 3 is 2.26 bits per heavy atom. The third kappa shape index (κ3) is 5.38. The summed E-state index contributed by atoms with van der Waals surface area (Å²) in [5, 5.41) is 2.86. The van der Waals surface area contributed by atoms with E-state index in [0.29, 0.717) is 26.2 Å². The Morgan fingerprint density at radius 1 is 0.963 bits per heavy atom. The summed E-state index contributed by atoms with van der Waals surface area (Å²) in [5.41, 5.74) is 2.58. The Balaban J connectivity index is 1.51. The van der Waals surface area contributed by atoms with E-state index in [2.05, 4.69) is 5.32 Å². The number of nitrogens with zero attached hydrogens (tertiary/aromatic N) is 2. The van der Waals surface area contributed by atoms with Gasteiger partial charge in [0.05, 0.1) is 12.3 Å². The molecule has 1 saturated heterocycles. The third-order valence-electron chi connectivity index (χ3n) is 4.75. The summed E-state index contributed by atoms with van der Waals surface area (Å²) in [7, 11) is -3.35. The van der Waals surface area contributed by atoms with Crippen molar-refractivity contribution >= 4 is 21.6 Å². The molecule has 144 valence electrons. The van der Waals surface area contributed by atoms with Gasteiger partial charge in [0.1, 0.15) is 0 Å². The smallest absolute Gasteiger partial charge is 0.238 e. The van der Waals surface area contributed by atoms with Gasteiger partial charge in [0.25, 0.3) is 0 Å². The number of hydrogen-bond acceptors (Lipinski definition) is 4. The van der Waals surface area contributed by atoms with Crippen LogP contribution >= 0.6 is 0 Å². The summed E-state index contributed by atoms with van der Waals surface area (Å²) >= 11 is 0. The number of sulfonamides is 1. The summed E-state index contributed by atoms with van der Waals surface area (Å²) in [6, 6.07) is 16.9. The second-order valence-corrected chi connectivity index (χ2v) is 8.74. The largest absolute Gasteiger partial charge is 0.325 e. The number of benzene rings is 2. The SMILES string of the molecule is Cc1ccccc1CS(=O)(=O)N1CCN(CC(=O)Nc2ccccc2)CC1. The van der Waals surface area contributed by atoms with Crippen LogP contribution in [0.3, 0.4) is 0 Å². The molecule has 0 radical (unpaired) electrons. The highest BCUT2D eigenvalue weighted by atomic mass is 32.2. The molecule has 7 heteroatoms. The van der Waals surface area contributed by atoms with Gasteiger partial charge in [-0.05, 0) is 30.2 Å². The van der Waals surface area contributed by atoms with Gasteiger partial charge >= 0.3 is 0 Å². The van der Waals surface area contributed by atoms with Crippen LogP contribution in [0.5, 0.6) is 0 Å². The Kier molecular flexibility index (Phi) is 6.26. The fraction of sp³-hybridized carbons (Fsp3) is 0.350. The lowest BCUT2D eigenvalue weighted by atomic mass is 10.1. The number of para-hydroxylation sites is 1. The average Bonchev–Trinajstić information content (AvgIpc) is 2.65. The molecule has 1 aliphatic rings. The first-order valence-corrected chi connectivity index (χ1v) is 10.6. The third-order valence-corrected chi connectivity index (χ3v) is 6.58. The van der Waals surface area contributed by atoms with Crippen molar-refractivity contribution in [3.63, 3.8) is 0 Å². The van der Waals surface area contributed by atoms with E-state index in [4.69, 9.17) is 0 Å². The second kappa shape index (κ2) is 8.65. The first kappa shape index (κ1) is 19.5. The molecular formula is C20H25N3O3S. The monoisotopic (exact) mass is 387 g/mol. The van der Waals surface area contributed by atoms with Crippen molar-refractivity contribution in [1.82, 2.24) is 9.21 Å². The minimum Gasteiger partial charge on any atom is -0.325 e. The van der Waals surface area contributed by atoms with Crippen LogP contribution in [-0.2, 0) is 20.6 Å². The quantitative estimate of drug-likeness (QED) is 0.824. The Labute approximate surface area is 160 Å². The predicted octanol–water partition coefficient (Wildman–Crippen LogP) is 2.08. The molecule has 27 heavy (non-hydrogen) atoms. The molecule has 1 amide bonds. The van der Waals surface area contributed by atoms with Crippen molar-refractivity contribution in [2.45, 2.75) is 12.7 Å². The molecule has 2 aromatic rings. The summed E-state index contributed by atoms with van der Waals surface area (Å²) in [6.07, 6.45) is 0. The Hall–Kier alpha value is -2.22. The number of amides is 1. The van der Waals surface area contributed by atoms with E-state index in [1.807, 2.05) is 66.4 Å². The molecule has 0 aliphatic carbocycles. The molecule has 1 fully saturated rings. The Bertz CT molecular complexity index is 876. The molecule has 0 bridgehead atoms. The van der Waals surface area contributed by atoms with Gasteiger partial charge in [-0.3, -0.25) is 9.69 Å². The molecule has 2 aromatic carbocycles. The topological polar surface area (TPSA) is 69.7 Å². The summed E-state index contributed by atoms with van der Waals surface area (Å²) < 4.78 is 26.9. The lowest BCUT2D eigenvalue weighted by Gasteiger charge is -2.33. The molecule has 1 N–H and O–H groups in total. The molecular weight excluding hydrogens is 362 g/mol.